The van der Waals surface area contributed by atoms with Gasteiger partial charge in [0.25, 0.3) is 0 Å². The highest BCUT2D eigenvalue weighted by Crippen LogP contribution is 2.30. The Kier molecular flexibility index (Phi) is 17.9. The lowest BCUT2D eigenvalue weighted by Gasteiger charge is -2.08. The molecule has 9 nitrogen and oxygen atoms in total. The Morgan fingerprint density at radius 2 is 0.730 bits per heavy atom. The molecule has 0 amide bonds. The third-order valence-electron chi connectivity index (χ3n) is 11.8. The van der Waals surface area contributed by atoms with Gasteiger partial charge in [-0.1, -0.05) is 129 Å². The van der Waals surface area contributed by atoms with E-state index >= 15 is 0 Å². The SMILES string of the molecule is CCCCCCCCCCCCOc1ccc(-c2cnc3cc(-c4nnc(-c5ccc6nc(-c7ccc(OCCCCCCCCCCCC)cc7)cnc6c5)o4)ccc3n2)cc1. The van der Waals surface area contributed by atoms with Crippen LogP contribution in [0, 0.1) is 0 Å². The fraction of sp³-hybridized carbons (Fsp3) is 0.444. The maximum atomic E-state index is 6.16. The van der Waals surface area contributed by atoms with E-state index in [-0.39, 0.29) is 0 Å². The first-order chi connectivity index (χ1) is 31.2. The smallest absolute Gasteiger partial charge is 0.248 e. The van der Waals surface area contributed by atoms with Crippen LogP contribution < -0.4 is 9.47 Å². The van der Waals surface area contributed by atoms with Gasteiger partial charge in [0.2, 0.25) is 11.8 Å². The van der Waals surface area contributed by atoms with Crippen LogP contribution in [0.15, 0.2) is 102 Å². The fourth-order valence-corrected chi connectivity index (χ4v) is 8.03. The van der Waals surface area contributed by atoms with Crippen molar-refractivity contribution in [3.8, 4) is 56.9 Å². The molecule has 4 aromatic carbocycles. The van der Waals surface area contributed by atoms with Gasteiger partial charge in [-0.05, 0) is 97.8 Å². The van der Waals surface area contributed by atoms with E-state index in [1.807, 2.05) is 84.9 Å². The van der Waals surface area contributed by atoms with Crippen molar-refractivity contribution in [3.05, 3.63) is 97.3 Å². The van der Waals surface area contributed by atoms with Gasteiger partial charge in [-0.25, -0.2) is 9.97 Å². The quantitative estimate of drug-likeness (QED) is 0.0445. The zero-order valence-corrected chi connectivity index (χ0v) is 37.7. The summed E-state index contributed by atoms with van der Waals surface area (Å²) < 4.78 is 18.2. The predicted molar refractivity (Wildman–Crippen MR) is 257 cm³/mol. The minimum Gasteiger partial charge on any atom is -0.494 e. The highest BCUT2D eigenvalue weighted by Gasteiger charge is 2.14. The number of unbranched alkanes of at least 4 members (excludes halogenated alkanes) is 18. The molecule has 3 aromatic heterocycles. The lowest BCUT2D eigenvalue weighted by atomic mass is 10.1. The number of ether oxygens (including phenoxy) is 2. The summed E-state index contributed by atoms with van der Waals surface area (Å²) in [6, 6.07) is 27.9. The van der Waals surface area contributed by atoms with E-state index in [0.29, 0.717) is 11.8 Å². The molecule has 0 saturated carbocycles. The normalized spacial score (nSPS) is 11.5. The van der Waals surface area contributed by atoms with Gasteiger partial charge in [-0.2, -0.15) is 0 Å². The van der Waals surface area contributed by atoms with Crippen molar-refractivity contribution in [2.45, 2.75) is 142 Å². The zero-order valence-electron chi connectivity index (χ0n) is 37.7. The van der Waals surface area contributed by atoms with Crippen LogP contribution in [0.25, 0.3) is 67.5 Å². The number of aromatic nitrogens is 6. The fourth-order valence-electron chi connectivity index (χ4n) is 8.03. The molecule has 0 aliphatic rings. The summed E-state index contributed by atoms with van der Waals surface area (Å²) in [5, 5.41) is 8.73. The van der Waals surface area contributed by atoms with E-state index < -0.39 is 0 Å². The van der Waals surface area contributed by atoms with Crippen LogP contribution in [0.4, 0.5) is 0 Å². The number of hydrogen-bond donors (Lipinski definition) is 0. The van der Waals surface area contributed by atoms with Crippen molar-refractivity contribution in [1.82, 2.24) is 30.1 Å². The molecular formula is C54H66N6O3. The predicted octanol–water partition coefficient (Wildman–Crippen LogP) is 15.2. The highest BCUT2D eigenvalue weighted by atomic mass is 16.5. The lowest BCUT2D eigenvalue weighted by Crippen LogP contribution is -1.97. The van der Waals surface area contributed by atoms with Crippen LogP contribution in [0.2, 0.25) is 0 Å². The highest BCUT2D eigenvalue weighted by molar-refractivity contribution is 5.83. The van der Waals surface area contributed by atoms with Crippen molar-refractivity contribution in [2.75, 3.05) is 13.2 Å². The van der Waals surface area contributed by atoms with E-state index in [9.17, 15) is 0 Å². The van der Waals surface area contributed by atoms with Gasteiger partial charge in [0, 0.05) is 22.3 Å². The Hall–Kier alpha value is -5.70. The first kappa shape index (κ1) is 45.3. The standard InChI is InChI=1S/C54H66N6O3/c1-3-5-7-9-11-13-15-17-19-21-35-61-45-29-23-41(24-30-45)51-39-55-49-37-43(27-33-47(49)57-51)53-59-60-54(63-53)44-28-34-48-50(38-44)56-40-52(58-48)42-25-31-46(32-26-42)62-36-22-20-18-16-14-12-10-8-6-4-2/h23-34,37-40H,3-22,35-36H2,1-2H3. The molecule has 7 aromatic rings. The third kappa shape index (κ3) is 13.9. The summed E-state index contributed by atoms with van der Waals surface area (Å²) >= 11 is 0. The molecule has 0 aliphatic heterocycles. The second kappa shape index (κ2) is 24.8. The number of nitrogens with zero attached hydrogens (tertiary/aromatic N) is 6. The molecule has 0 bridgehead atoms. The molecular weight excluding hydrogens is 781 g/mol. The monoisotopic (exact) mass is 847 g/mol. The van der Waals surface area contributed by atoms with Crippen LogP contribution in [-0.2, 0) is 0 Å². The van der Waals surface area contributed by atoms with Crippen molar-refractivity contribution >= 4 is 22.1 Å². The maximum Gasteiger partial charge on any atom is 0.248 e. The molecule has 9 heteroatoms. The molecule has 0 unspecified atom stereocenters. The lowest BCUT2D eigenvalue weighted by molar-refractivity contribution is 0.304. The van der Waals surface area contributed by atoms with Crippen LogP contribution in [0.3, 0.4) is 0 Å². The average molecular weight is 847 g/mol. The minimum absolute atomic E-state index is 0.406. The van der Waals surface area contributed by atoms with Gasteiger partial charge in [0.05, 0.1) is 59.1 Å². The molecule has 0 spiro atoms. The summed E-state index contributed by atoms with van der Waals surface area (Å²) in [7, 11) is 0. The van der Waals surface area contributed by atoms with Crippen LogP contribution in [0.1, 0.15) is 142 Å². The van der Waals surface area contributed by atoms with Gasteiger partial charge in [-0.15, -0.1) is 10.2 Å². The summed E-state index contributed by atoms with van der Waals surface area (Å²) in [5.41, 5.74) is 8.20. The van der Waals surface area contributed by atoms with E-state index in [1.54, 1.807) is 12.4 Å². The average Bonchev–Trinajstić information content (AvgIpc) is 3.83. The topological polar surface area (TPSA) is 109 Å². The Morgan fingerprint density at radius 1 is 0.381 bits per heavy atom. The van der Waals surface area contributed by atoms with Gasteiger partial charge in [0.15, 0.2) is 0 Å². The van der Waals surface area contributed by atoms with Crippen molar-refractivity contribution < 1.29 is 13.9 Å². The summed E-state index contributed by atoms with van der Waals surface area (Å²) in [6.07, 6.45) is 29.9. The molecule has 330 valence electrons. The number of benzene rings is 4. The van der Waals surface area contributed by atoms with Gasteiger partial charge < -0.3 is 13.9 Å². The first-order valence-corrected chi connectivity index (χ1v) is 24.0. The van der Waals surface area contributed by atoms with E-state index in [2.05, 4.69) is 24.0 Å². The Morgan fingerprint density at radius 3 is 1.11 bits per heavy atom. The first-order valence-electron chi connectivity index (χ1n) is 24.0. The van der Waals surface area contributed by atoms with E-state index in [0.717, 1.165) is 93.3 Å². The van der Waals surface area contributed by atoms with Crippen LogP contribution in [-0.4, -0.2) is 43.3 Å². The van der Waals surface area contributed by atoms with Gasteiger partial charge >= 0.3 is 0 Å². The second-order valence-corrected chi connectivity index (χ2v) is 16.9. The molecule has 3 heterocycles. The largest absolute Gasteiger partial charge is 0.494 e. The van der Waals surface area contributed by atoms with Crippen molar-refractivity contribution in [1.29, 1.82) is 0 Å². The van der Waals surface area contributed by atoms with E-state index in [4.69, 9.17) is 33.8 Å². The Labute approximate surface area is 374 Å². The van der Waals surface area contributed by atoms with Gasteiger partial charge in [0.1, 0.15) is 11.5 Å². The third-order valence-corrected chi connectivity index (χ3v) is 11.8. The number of hydrogen-bond acceptors (Lipinski definition) is 9. The maximum absolute atomic E-state index is 6.16. The molecule has 0 aliphatic carbocycles. The molecule has 7 rings (SSSR count). The minimum atomic E-state index is 0.406. The van der Waals surface area contributed by atoms with Gasteiger partial charge in [-0.3, -0.25) is 9.97 Å². The van der Waals surface area contributed by atoms with Crippen LogP contribution >= 0.6 is 0 Å². The molecule has 0 fully saturated rings. The molecule has 0 atom stereocenters. The summed E-state index contributed by atoms with van der Waals surface area (Å²) in [5.74, 6) is 2.58. The molecule has 0 N–H and O–H groups in total. The molecule has 0 saturated heterocycles. The molecule has 63 heavy (non-hydrogen) atoms. The summed E-state index contributed by atoms with van der Waals surface area (Å²) in [6.45, 7) is 6.04. The number of fused-ring (bicyclic) bond motifs is 2. The Balaban J connectivity index is 0.865. The van der Waals surface area contributed by atoms with Crippen molar-refractivity contribution in [2.24, 2.45) is 0 Å². The Bertz CT molecular complexity index is 2250. The van der Waals surface area contributed by atoms with Crippen LogP contribution in [0.5, 0.6) is 11.5 Å². The van der Waals surface area contributed by atoms with Crippen molar-refractivity contribution in [3.63, 3.8) is 0 Å². The number of rotatable bonds is 28. The molecule has 0 radical (unpaired) electrons. The second-order valence-electron chi connectivity index (χ2n) is 16.9. The zero-order chi connectivity index (χ0) is 43.3. The van der Waals surface area contributed by atoms with E-state index in [1.165, 1.54) is 116 Å². The summed E-state index contributed by atoms with van der Waals surface area (Å²) in [4.78, 5) is 19.3.